The van der Waals surface area contributed by atoms with Crippen LogP contribution < -0.4 is 4.74 Å². The topological polar surface area (TPSA) is 72.4 Å². The zero-order valence-corrected chi connectivity index (χ0v) is 16.2. The first-order chi connectivity index (χ1) is 14.2. The van der Waals surface area contributed by atoms with Crippen LogP contribution in [0.15, 0.2) is 48.8 Å². The van der Waals surface area contributed by atoms with Crippen LogP contribution in [-0.4, -0.2) is 58.3 Å². The zero-order chi connectivity index (χ0) is 19.8. The molecule has 1 aliphatic rings. The van der Waals surface area contributed by atoms with Gasteiger partial charge >= 0.3 is 0 Å². The maximum atomic E-state index is 12.4. The van der Waals surface area contributed by atoms with Crippen LogP contribution in [0.3, 0.4) is 0 Å². The number of hydrogen-bond donors (Lipinski definition) is 1. The molecule has 1 amide bonds. The molecule has 1 N–H and O–H groups in total. The summed E-state index contributed by atoms with van der Waals surface area (Å²) >= 11 is 0. The molecule has 0 unspecified atom stereocenters. The minimum Gasteiger partial charge on any atom is -0.484 e. The molecule has 3 aromatic heterocycles. The van der Waals surface area contributed by atoms with Gasteiger partial charge in [-0.1, -0.05) is 0 Å². The van der Waals surface area contributed by atoms with E-state index >= 15 is 0 Å². The molecule has 7 nitrogen and oxygen atoms in total. The van der Waals surface area contributed by atoms with Gasteiger partial charge in [0, 0.05) is 60.1 Å². The number of nitrogens with one attached hydrogen (secondary N) is 1. The number of amides is 1. The third-order valence-corrected chi connectivity index (χ3v) is 5.37. The molecule has 0 bridgehead atoms. The summed E-state index contributed by atoms with van der Waals surface area (Å²) in [5, 5.41) is 2.14. The van der Waals surface area contributed by atoms with Crippen molar-refractivity contribution < 1.29 is 14.3 Å². The van der Waals surface area contributed by atoms with Gasteiger partial charge in [0.05, 0.1) is 13.2 Å². The lowest BCUT2D eigenvalue weighted by Crippen LogP contribution is -2.42. The fourth-order valence-electron chi connectivity index (χ4n) is 3.83. The average molecular weight is 390 g/mol. The molecule has 7 heteroatoms. The molecule has 1 fully saturated rings. The normalized spacial score (nSPS) is 14.6. The molecule has 4 heterocycles. The van der Waals surface area contributed by atoms with Crippen molar-refractivity contribution in [3.8, 4) is 17.0 Å². The number of aryl methyl sites for hydroxylation is 1. The second kappa shape index (κ2) is 7.25. The van der Waals surface area contributed by atoms with Crippen molar-refractivity contribution >= 4 is 27.8 Å². The van der Waals surface area contributed by atoms with Crippen LogP contribution in [0.1, 0.15) is 0 Å². The van der Waals surface area contributed by atoms with E-state index in [1.54, 1.807) is 11.1 Å². The molecule has 29 heavy (non-hydrogen) atoms. The highest BCUT2D eigenvalue weighted by Gasteiger charge is 2.18. The minimum absolute atomic E-state index is 0.0108. The number of pyridine rings is 1. The SMILES string of the molecule is Cn1cc(-c2cc3cccnc3[nH]2)c2cc(OCC(=O)N3CCOCC3)ccc21. The van der Waals surface area contributed by atoms with Gasteiger partial charge in [0.25, 0.3) is 5.91 Å². The number of benzene rings is 1. The molecule has 4 aromatic rings. The number of fused-ring (bicyclic) bond motifs is 2. The summed E-state index contributed by atoms with van der Waals surface area (Å²) in [7, 11) is 2.02. The smallest absolute Gasteiger partial charge is 0.260 e. The van der Waals surface area contributed by atoms with E-state index in [0.29, 0.717) is 32.1 Å². The van der Waals surface area contributed by atoms with E-state index in [-0.39, 0.29) is 12.5 Å². The molecular formula is C22H22N4O3. The number of aromatic nitrogens is 3. The number of ether oxygens (including phenoxy) is 2. The highest BCUT2D eigenvalue weighted by molar-refractivity contribution is 5.98. The summed E-state index contributed by atoms with van der Waals surface area (Å²) in [5.74, 6) is 0.671. The lowest BCUT2D eigenvalue weighted by atomic mass is 10.1. The molecule has 0 saturated carbocycles. The first-order valence-electron chi connectivity index (χ1n) is 9.70. The van der Waals surface area contributed by atoms with E-state index in [1.165, 1.54) is 0 Å². The van der Waals surface area contributed by atoms with E-state index in [0.717, 1.165) is 33.2 Å². The minimum atomic E-state index is -0.0108. The molecule has 0 aliphatic carbocycles. The Kier molecular flexibility index (Phi) is 4.44. The van der Waals surface area contributed by atoms with Crippen molar-refractivity contribution in [2.24, 2.45) is 7.05 Å². The van der Waals surface area contributed by atoms with Crippen molar-refractivity contribution in [1.29, 1.82) is 0 Å². The number of carbonyl (C=O) groups is 1. The fourth-order valence-corrected chi connectivity index (χ4v) is 3.83. The van der Waals surface area contributed by atoms with Crippen LogP contribution in [-0.2, 0) is 16.6 Å². The Balaban J connectivity index is 1.43. The Morgan fingerprint density at radius 3 is 2.93 bits per heavy atom. The summed E-state index contributed by atoms with van der Waals surface area (Å²) in [6.07, 6.45) is 3.88. The van der Waals surface area contributed by atoms with Crippen molar-refractivity contribution in [2.45, 2.75) is 0 Å². The number of carbonyl (C=O) groups excluding carboxylic acids is 1. The zero-order valence-electron chi connectivity index (χ0n) is 16.2. The van der Waals surface area contributed by atoms with Crippen molar-refractivity contribution in [1.82, 2.24) is 19.4 Å². The number of nitrogens with zero attached hydrogens (tertiary/aromatic N) is 3. The summed E-state index contributed by atoms with van der Waals surface area (Å²) in [6, 6.07) is 12.0. The van der Waals surface area contributed by atoms with Crippen LogP contribution in [0, 0.1) is 0 Å². The maximum absolute atomic E-state index is 12.4. The number of morpholine rings is 1. The summed E-state index contributed by atoms with van der Waals surface area (Å²) in [4.78, 5) is 21.9. The summed E-state index contributed by atoms with van der Waals surface area (Å²) in [6.45, 7) is 2.45. The predicted octanol–water partition coefficient (Wildman–Crippen LogP) is 2.96. The maximum Gasteiger partial charge on any atom is 0.260 e. The van der Waals surface area contributed by atoms with Crippen LogP contribution in [0.4, 0.5) is 0 Å². The molecule has 0 atom stereocenters. The number of aromatic amines is 1. The predicted molar refractivity (Wildman–Crippen MR) is 111 cm³/mol. The van der Waals surface area contributed by atoms with Crippen LogP contribution >= 0.6 is 0 Å². The van der Waals surface area contributed by atoms with Crippen molar-refractivity contribution in [2.75, 3.05) is 32.9 Å². The standard InChI is InChI=1S/C22H22N4O3/c1-25-13-18(19-11-15-3-2-6-23-22(15)24-19)17-12-16(4-5-20(17)25)29-14-21(27)26-7-9-28-10-8-26/h2-6,11-13H,7-10,14H2,1H3,(H,23,24). The van der Waals surface area contributed by atoms with Gasteiger partial charge < -0.3 is 23.9 Å². The van der Waals surface area contributed by atoms with Crippen molar-refractivity contribution in [3.63, 3.8) is 0 Å². The average Bonchev–Trinajstić information content (AvgIpc) is 3.33. The van der Waals surface area contributed by atoms with E-state index in [1.807, 2.05) is 37.4 Å². The van der Waals surface area contributed by atoms with Gasteiger partial charge in [-0.25, -0.2) is 4.98 Å². The highest BCUT2D eigenvalue weighted by atomic mass is 16.5. The Bertz CT molecular complexity index is 1150. The number of hydrogen-bond acceptors (Lipinski definition) is 4. The van der Waals surface area contributed by atoms with Gasteiger partial charge in [-0.2, -0.15) is 0 Å². The molecule has 1 aromatic carbocycles. The molecule has 148 valence electrons. The highest BCUT2D eigenvalue weighted by Crippen LogP contribution is 2.33. The molecule has 5 rings (SSSR count). The van der Waals surface area contributed by atoms with Gasteiger partial charge in [-0.05, 0) is 36.4 Å². The lowest BCUT2D eigenvalue weighted by molar-refractivity contribution is -0.137. The van der Waals surface area contributed by atoms with E-state index in [2.05, 4.69) is 26.8 Å². The molecule has 0 radical (unpaired) electrons. The van der Waals surface area contributed by atoms with Gasteiger partial charge in [-0.15, -0.1) is 0 Å². The van der Waals surface area contributed by atoms with E-state index < -0.39 is 0 Å². The molecule has 1 aliphatic heterocycles. The Morgan fingerprint density at radius 2 is 2.10 bits per heavy atom. The molecule has 0 spiro atoms. The molecule has 1 saturated heterocycles. The monoisotopic (exact) mass is 390 g/mol. The first-order valence-corrected chi connectivity index (χ1v) is 9.70. The quantitative estimate of drug-likeness (QED) is 0.582. The summed E-state index contributed by atoms with van der Waals surface area (Å²) < 4.78 is 13.2. The Labute approximate surface area is 167 Å². The van der Waals surface area contributed by atoms with E-state index in [4.69, 9.17) is 9.47 Å². The third-order valence-electron chi connectivity index (χ3n) is 5.37. The van der Waals surface area contributed by atoms with Crippen LogP contribution in [0.25, 0.3) is 33.2 Å². The van der Waals surface area contributed by atoms with Crippen molar-refractivity contribution in [3.05, 3.63) is 48.8 Å². The fraction of sp³-hybridized carbons (Fsp3) is 0.273. The van der Waals surface area contributed by atoms with Gasteiger partial charge in [-0.3, -0.25) is 4.79 Å². The second-order valence-electron chi connectivity index (χ2n) is 7.24. The Hall–Kier alpha value is -3.32. The summed E-state index contributed by atoms with van der Waals surface area (Å²) in [5.41, 5.74) is 4.04. The lowest BCUT2D eigenvalue weighted by Gasteiger charge is -2.26. The van der Waals surface area contributed by atoms with Gasteiger partial charge in [0.2, 0.25) is 0 Å². The first kappa shape index (κ1) is 17.8. The largest absolute Gasteiger partial charge is 0.484 e. The van der Waals surface area contributed by atoms with E-state index in [9.17, 15) is 4.79 Å². The van der Waals surface area contributed by atoms with Crippen LogP contribution in [0.5, 0.6) is 5.75 Å². The third kappa shape index (κ3) is 3.34. The Morgan fingerprint density at radius 1 is 1.24 bits per heavy atom. The number of rotatable bonds is 4. The number of H-pyrrole nitrogens is 1. The molecular weight excluding hydrogens is 368 g/mol. The van der Waals surface area contributed by atoms with Gasteiger partial charge in [0.15, 0.2) is 6.61 Å². The van der Waals surface area contributed by atoms with Crippen LogP contribution in [0.2, 0.25) is 0 Å². The van der Waals surface area contributed by atoms with Gasteiger partial charge in [0.1, 0.15) is 11.4 Å². The second-order valence-corrected chi connectivity index (χ2v) is 7.24.